The van der Waals surface area contributed by atoms with E-state index in [4.69, 9.17) is 0 Å². The first-order valence-electron chi connectivity index (χ1n) is 8.84. The molecule has 24 heavy (non-hydrogen) atoms. The van der Waals surface area contributed by atoms with Gasteiger partial charge >= 0.3 is 0 Å². The number of amides is 1. The molecule has 2 rings (SSSR count). The lowest BCUT2D eigenvalue weighted by Gasteiger charge is -2.34. The molecule has 1 aliphatic rings. The zero-order chi connectivity index (χ0) is 17.4. The van der Waals surface area contributed by atoms with Gasteiger partial charge in [-0.1, -0.05) is 6.07 Å². The maximum Gasteiger partial charge on any atom is 0.234 e. The van der Waals surface area contributed by atoms with Crippen LogP contribution in [-0.4, -0.2) is 67.1 Å². The van der Waals surface area contributed by atoms with Gasteiger partial charge in [-0.25, -0.2) is 4.98 Å². The van der Waals surface area contributed by atoms with Crippen molar-refractivity contribution in [3.63, 3.8) is 0 Å². The second-order valence-electron chi connectivity index (χ2n) is 7.33. The van der Waals surface area contributed by atoms with Crippen LogP contribution in [0.2, 0.25) is 0 Å². The molecular weight excluding hydrogens is 302 g/mol. The molecule has 0 unspecified atom stereocenters. The zero-order valence-corrected chi connectivity index (χ0v) is 15.2. The van der Waals surface area contributed by atoms with Crippen LogP contribution in [0.15, 0.2) is 24.4 Å². The van der Waals surface area contributed by atoms with Gasteiger partial charge in [-0.3, -0.25) is 9.69 Å². The second kappa shape index (κ2) is 8.99. The molecule has 0 saturated carbocycles. The van der Waals surface area contributed by atoms with Gasteiger partial charge in [-0.15, -0.1) is 0 Å². The van der Waals surface area contributed by atoms with Crippen LogP contribution < -0.4 is 15.5 Å². The number of nitrogens with zero attached hydrogens (tertiary/aromatic N) is 3. The predicted octanol–water partition coefficient (Wildman–Crippen LogP) is 1.10. The summed E-state index contributed by atoms with van der Waals surface area (Å²) < 4.78 is 0. The van der Waals surface area contributed by atoms with Gasteiger partial charge in [0.2, 0.25) is 5.91 Å². The Morgan fingerprint density at radius 1 is 1.17 bits per heavy atom. The molecule has 1 aliphatic heterocycles. The summed E-state index contributed by atoms with van der Waals surface area (Å²) in [5.74, 6) is 1.14. The fourth-order valence-electron chi connectivity index (χ4n) is 2.71. The van der Waals surface area contributed by atoms with E-state index in [1.165, 1.54) is 0 Å². The Hall–Kier alpha value is -1.66. The highest BCUT2D eigenvalue weighted by Crippen LogP contribution is 2.12. The van der Waals surface area contributed by atoms with Crippen molar-refractivity contribution >= 4 is 11.7 Å². The molecule has 0 aromatic carbocycles. The summed E-state index contributed by atoms with van der Waals surface area (Å²) in [6.45, 7) is 12.2. The molecule has 134 valence electrons. The van der Waals surface area contributed by atoms with Crippen molar-refractivity contribution in [1.29, 1.82) is 0 Å². The van der Waals surface area contributed by atoms with Crippen LogP contribution in [0, 0.1) is 0 Å². The third-order valence-electron chi connectivity index (χ3n) is 4.04. The van der Waals surface area contributed by atoms with Crippen molar-refractivity contribution in [2.75, 3.05) is 50.7 Å². The Bertz CT molecular complexity index is 492. The zero-order valence-electron chi connectivity index (χ0n) is 15.2. The molecule has 1 saturated heterocycles. The molecule has 0 spiro atoms. The largest absolute Gasteiger partial charge is 0.355 e. The molecule has 2 heterocycles. The van der Waals surface area contributed by atoms with Gasteiger partial charge in [0.25, 0.3) is 0 Å². The monoisotopic (exact) mass is 333 g/mol. The summed E-state index contributed by atoms with van der Waals surface area (Å²) in [7, 11) is 0. The van der Waals surface area contributed by atoms with E-state index in [-0.39, 0.29) is 11.4 Å². The van der Waals surface area contributed by atoms with Crippen LogP contribution in [0.25, 0.3) is 0 Å². The molecule has 0 radical (unpaired) electrons. The molecule has 6 nitrogen and oxygen atoms in total. The summed E-state index contributed by atoms with van der Waals surface area (Å²) in [5, 5.41) is 6.44. The fraction of sp³-hybridized carbons (Fsp3) is 0.667. The maximum absolute atomic E-state index is 12.0. The minimum Gasteiger partial charge on any atom is -0.355 e. The molecule has 1 amide bonds. The van der Waals surface area contributed by atoms with Crippen LogP contribution in [0.1, 0.15) is 27.2 Å². The van der Waals surface area contributed by atoms with E-state index in [9.17, 15) is 4.79 Å². The lowest BCUT2D eigenvalue weighted by molar-refractivity contribution is -0.122. The van der Waals surface area contributed by atoms with Gasteiger partial charge < -0.3 is 15.5 Å². The Kier molecular flexibility index (Phi) is 6.99. The van der Waals surface area contributed by atoms with E-state index in [1.54, 1.807) is 0 Å². The van der Waals surface area contributed by atoms with Crippen molar-refractivity contribution in [2.45, 2.75) is 32.7 Å². The summed E-state index contributed by atoms with van der Waals surface area (Å²) in [6, 6.07) is 5.98. The SMILES string of the molecule is CC(C)(C)NCCCNC(=O)CN1CCN(c2ccccn2)CC1. The van der Waals surface area contributed by atoms with Gasteiger partial charge in [0.15, 0.2) is 0 Å². The van der Waals surface area contributed by atoms with E-state index >= 15 is 0 Å². The molecule has 0 aliphatic carbocycles. The number of pyridine rings is 1. The number of aromatic nitrogens is 1. The smallest absolute Gasteiger partial charge is 0.234 e. The van der Waals surface area contributed by atoms with Gasteiger partial charge in [-0.05, 0) is 45.9 Å². The first kappa shape index (κ1) is 18.7. The lowest BCUT2D eigenvalue weighted by Crippen LogP contribution is -2.49. The number of carbonyl (C=O) groups excluding carboxylic acids is 1. The van der Waals surface area contributed by atoms with Crippen LogP contribution in [-0.2, 0) is 4.79 Å². The average molecular weight is 333 g/mol. The normalized spacial score (nSPS) is 16.2. The van der Waals surface area contributed by atoms with Crippen LogP contribution in [0.5, 0.6) is 0 Å². The molecule has 6 heteroatoms. The number of piperazine rings is 1. The summed E-state index contributed by atoms with van der Waals surface area (Å²) >= 11 is 0. The minimum absolute atomic E-state index is 0.122. The topological polar surface area (TPSA) is 60.5 Å². The van der Waals surface area contributed by atoms with E-state index in [1.807, 2.05) is 24.4 Å². The number of rotatable bonds is 7. The van der Waals surface area contributed by atoms with Crippen molar-refractivity contribution in [1.82, 2.24) is 20.5 Å². The molecule has 0 bridgehead atoms. The van der Waals surface area contributed by atoms with Gasteiger partial charge in [0, 0.05) is 44.5 Å². The highest BCUT2D eigenvalue weighted by molar-refractivity contribution is 5.78. The summed E-state index contributed by atoms with van der Waals surface area (Å²) in [6.07, 6.45) is 2.78. The number of anilines is 1. The fourth-order valence-corrected chi connectivity index (χ4v) is 2.71. The van der Waals surface area contributed by atoms with Crippen LogP contribution >= 0.6 is 0 Å². The summed E-state index contributed by atoms with van der Waals surface area (Å²) in [5.41, 5.74) is 0.136. The Morgan fingerprint density at radius 2 is 1.92 bits per heavy atom. The second-order valence-corrected chi connectivity index (χ2v) is 7.33. The molecule has 1 fully saturated rings. The van der Waals surface area contributed by atoms with Crippen molar-refractivity contribution in [3.8, 4) is 0 Å². The molecule has 1 aromatic heterocycles. The van der Waals surface area contributed by atoms with Crippen molar-refractivity contribution in [3.05, 3.63) is 24.4 Å². The van der Waals surface area contributed by atoms with Gasteiger partial charge in [-0.2, -0.15) is 0 Å². The molecule has 2 N–H and O–H groups in total. The standard InChI is InChI=1S/C18H31N5O/c1-18(2,3)21-10-6-9-20-17(24)15-22-11-13-23(14-12-22)16-7-4-5-8-19-16/h4-5,7-8,21H,6,9-15H2,1-3H3,(H,20,24). The third kappa shape index (κ3) is 6.84. The summed E-state index contributed by atoms with van der Waals surface area (Å²) in [4.78, 5) is 20.9. The van der Waals surface area contributed by atoms with E-state index in [0.29, 0.717) is 6.54 Å². The average Bonchev–Trinajstić information content (AvgIpc) is 2.55. The Morgan fingerprint density at radius 3 is 2.54 bits per heavy atom. The third-order valence-corrected chi connectivity index (χ3v) is 4.04. The maximum atomic E-state index is 12.0. The Labute approximate surface area is 145 Å². The molecule has 1 aromatic rings. The molecule has 0 atom stereocenters. The Balaban J connectivity index is 1.59. The lowest BCUT2D eigenvalue weighted by atomic mass is 10.1. The number of hydrogen-bond donors (Lipinski definition) is 2. The number of nitrogens with one attached hydrogen (secondary N) is 2. The van der Waals surface area contributed by atoms with Gasteiger partial charge in [0.1, 0.15) is 5.82 Å². The highest BCUT2D eigenvalue weighted by Gasteiger charge is 2.19. The van der Waals surface area contributed by atoms with Gasteiger partial charge in [0.05, 0.1) is 6.54 Å². The van der Waals surface area contributed by atoms with Crippen LogP contribution in [0.4, 0.5) is 5.82 Å². The highest BCUT2D eigenvalue weighted by atomic mass is 16.2. The number of hydrogen-bond acceptors (Lipinski definition) is 5. The van der Waals surface area contributed by atoms with Crippen molar-refractivity contribution < 1.29 is 4.79 Å². The quantitative estimate of drug-likeness (QED) is 0.732. The van der Waals surface area contributed by atoms with E-state index < -0.39 is 0 Å². The molecular formula is C18H31N5O. The number of carbonyl (C=O) groups is 1. The first-order chi connectivity index (χ1) is 11.4. The van der Waals surface area contributed by atoms with E-state index in [0.717, 1.165) is 51.5 Å². The van der Waals surface area contributed by atoms with Crippen molar-refractivity contribution in [2.24, 2.45) is 0 Å². The minimum atomic E-state index is 0.122. The van der Waals surface area contributed by atoms with Crippen LogP contribution in [0.3, 0.4) is 0 Å². The first-order valence-corrected chi connectivity index (χ1v) is 8.84. The predicted molar refractivity (Wildman–Crippen MR) is 98.3 cm³/mol. The van der Waals surface area contributed by atoms with E-state index in [2.05, 4.69) is 46.2 Å².